The van der Waals surface area contributed by atoms with Gasteiger partial charge in [-0.15, -0.1) is 11.8 Å². The van der Waals surface area contributed by atoms with E-state index >= 15 is 0 Å². The Morgan fingerprint density at radius 1 is 1.24 bits per heavy atom. The second-order valence-electron chi connectivity index (χ2n) is 4.56. The smallest absolute Gasteiger partial charge is 0.225 e. The molecule has 1 N–H and O–H groups in total. The number of nitrogens with one attached hydrogen (secondary N) is 1. The molecule has 0 aliphatic rings. The number of carbonyl (C=O) groups excluding carboxylic acids is 1. The van der Waals surface area contributed by atoms with Gasteiger partial charge in [0.15, 0.2) is 0 Å². The third-order valence-corrected chi connectivity index (χ3v) is 4.14. The molecule has 0 unspecified atom stereocenters. The van der Waals surface area contributed by atoms with E-state index in [1.807, 2.05) is 24.3 Å². The fraction of sp³-hybridized carbons (Fsp3) is 0.188. The third kappa shape index (κ3) is 5.06. The number of hydrogen-bond acceptors (Lipinski definition) is 2. The van der Waals surface area contributed by atoms with Crippen molar-refractivity contribution < 1.29 is 9.18 Å². The molecule has 0 heterocycles. The number of thioether (sulfide) groups is 1. The predicted molar refractivity (Wildman–Crippen MR) is 86.6 cm³/mol. The maximum Gasteiger partial charge on any atom is 0.225 e. The van der Waals surface area contributed by atoms with Crippen LogP contribution in [0.15, 0.2) is 47.4 Å². The summed E-state index contributed by atoms with van der Waals surface area (Å²) in [4.78, 5) is 12.9. The first-order valence-corrected chi connectivity index (χ1v) is 7.85. The Hall–Kier alpha value is -1.52. The zero-order chi connectivity index (χ0) is 15.2. The van der Waals surface area contributed by atoms with E-state index < -0.39 is 0 Å². The molecule has 0 spiro atoms. The highest BCUT2D eigenvalue weighted by molar-refractivity contribution is 7.99. The molecule has 0 saturated heterocycles. The van der Waals surface area contributed by atoms with Gasteiger partial charge in [-0.3, -0.25) is 4.79 Å². The van der Waals surface area contributed by atoms with Crippen LogP contribution in [0.3, 0.4) is 0 Å². The molecule has 2 aromatic carbocycles. The van der Waals surface area contributed by atoms with Crippen molar-refractivity contribution in [2.75, 3.05) is 11.1 Å². The van der Waals surface area contributed by atoms with Gasteiger partial charge in [-0.05, 0) is 55.0 Å². The summed E-state index contributed by atoms with van der Waals surface area (Å²) in [6.07, 6.45) is 0.393. The molecule has 2 rings (SSSR count). The molecule has 2 nitrogen and oxygen atoms in total. The first-order valence-electron chi connectivity index (χ1n) is 6.49. The standard InChI is InChI=1S/C16H15ClFNOS/c1-11-10-13(18)4-7-15(11)19-16(20)8-9-21-14-5-2-12(17)3-6-14/h2-7,10H,8-9H2,1H3,(H,19,20). The van der Waals surface area contributed by atoms with E-state index in [4.69, 9.17) is 11.6 Å². The first-order chi connectivity index (χ1) is 10.0. The lowest BCUT2D eigenvalue weighted by Gasteiger charge is -2.08. The van der Waals surface area contributed by atoms with E-state index in [0.717, 1.165) is 4.90 Å². The fourth-order valence-electron chi connectivity index (χ4n) is 1.77. The SMILES string of the molecule is Cc1cc(F)ccc1NC(=O)CCSc1ccc(Cl)cc1. The van der Waals surface area contributed by atoms with E-state index in [2.05, 4.69) is 5.32 Å². The average molecular weight is 324 g/mol. The van der Waals surface area contributed by atoms with Crippen LogP contribution < -0.4 is 5.32 Å². The van der Waals surface area contributed by atoms with E-state index in [-0.39, 0.29) is 11.7 Å². The summed E-state index contributed by atoms with van der Waals surface area (Å²) in [7, 11) is 0. The van der Waals surface area contributed by atoms with Crippen molar-refractivity contribution in [1.29, 1.82) is 0 Å². The minimum absolute atomic E-state index is 0.0776. The Balaban J connectivity index is 1.81. The Kier molecular flexibility index (Phi) is 5.65. The van der Waals surface area contributed by atoms with Gasteiger partial charge in [-0.1, -0.05) is 11.6 Å². The van der Waals surface area contributed by atoms with Gasteiger partial charge in [0.25, 0.3) is 0 Å². The molecule has 2 aromatic rings. The van der Waals surface area contributed by atoms with Crippen molar-refractivity contribution in [3.63, 3.8) is 0 Å². The van der Waals surface area contributed by atoms with Crippen molar-refractivity contribution >= 4 is 35.0 Å². The molecule has 0 atom stereocenters. The maximum absolute atomic E-state index is 13.0. The first kappa shape index (κ1) is 15.9. The second kappa shape index (κ2) is 7.48. The van der Waals surface area contributed by atoms with Gasteiger partial charge < -0.3 is 5.32 Å². The Morgan fingerprint density at radius 3 is 2.62 bits per heavy atom. The second-order valence-corrected chi connectivity index (χ2v) is 6.16. The molecule has 0 radical (unpaired) electrons. The highest BCUT2D eigenvalue weighted by atomic mass is 35.5. The molecule has 0 saturated carbocycles. The van der Waals surface area contributed by atoms with Crippen molar-refractivity contribution in [1.82, 2.24) is 0 Å². The summed E-state index contributed by atoms with van der Waals surface area (Å²) in [5.74, 6) is 0.295. The van der Waals surface area contributed by atoms with E-state index in [0.29, 0.717) is 28.4 Å². The van der Waals surface area contributed by atoms with Crippen LogP contribution in [-0.4, -0.2) is 11.7 Å². The van der Waals surface area contributed by atoms with Crippen LogP contribution >= 0.6 is 23.4 Å². The monoisotopic (exact) mass is 323 g/mol. The zero-order valence-electron chi connectivity index (χ0n) is 11.5. The van der Waals surface area contributed by atoms with Gasteiger partial charge in [0.2, 0.25) is 5.91 Å². The summed E-state index contributed by atoms with van der Waals surface area (Å²) < 4.78 is 13.0. The summed E-state index contributed by atoms with van der Waals surface area (Å²) in [5.41, 5.74) is 1.37. The van der Waals surface area contributed by atoms with Crippen molar-refractivity contribution in [2.45, 2.75) is 18.2 Å². The van der Waals surface area contributed by atoms with Gasteiger partial charge in [0, 0.05) is 27.8 Å². The number of rotatable bonds is 5. The van der Waals surface area contributed by atoms with Crippen LogP contribution in [0.5, 0.6) is 0 Å². The predicted octanol–water partition coefficient (Wildman–Crippen LogP) is 4.91. The Morgan fingerprint density at radius 2 is 1.95 bits per heavy atom. The van der Waals surface area contributed by atoms with Gasteiger partial charge in [-0.25, -0.2) is 4.39 Å². The van der Waals surface area contributed by atoms with Gasteiger partial charge in [0.1, 0.15) is 5.82 Å². The number of carbonyl (C=O) groups is 1. The quantitative estimate of drug-likeness (QED) is 0.792. The van der Waals surface area contributed by atoms with E-state index in [1.165, 1.54) is 12.1 Å². The third-order valence-electron chi connectivity index (χ3n) is 2.87. The molecule has 5 heteroatoms. The van der Waals surface area contributed by atoms with Crippen molar-refractivity contribution in [3.8, 4) is 0 Å². The number of anilines is 1. The number of benzene rings is 2. The topological polar surface area (TPSA) is 29.1 Å². The normalized spacial score (nSPS) is 10.4. The van der Waals surface area contributed by atoms with Crippen LogP contribution in [0.4, 0.5) is 10.1 Å². The Bertz CT molecular complexity index is 631. The maximum atomic E-state index is 13.0. The average Bonchev–Trinajstić information content (AvgIpc) is 2.44. The largest absolute Gasteiger partial charge is 0.326 e. The zero-order valence-corrected chi connectivity index (χ0v) is 13.1. The fourth-order valence-corrected chi connectivity index (χ4v) is 2.75. The molecule has 0 bridgehead atoms. The lowest BCUT2D eigenvalue weighted by atomic mass is 10.2. The number of aryl methyl sites for hydroxylation is 1. The van der Waals surface area contributed by atoms with Crippen LogP contribution in [0.25, 0.3) is 0 Å². The number of hydrogen-bond donors (Lipinski definition) is 1. The Labute approximate surface area is 132 Å². The highest BCUT2D eigenvalue weighted by Gasteiger charge is 2.06. The summed E-state index contributed by atoms with van der Waals surface area (Å²) >= 11 is 7.41. The van der Waals surface area contributed by atoms with E-state index in [1.54, 1.807) is 24.8 Å². The van der Waals surface area contributed by atoms with Crippen LogP contribution in [-0.2, 0) is 4.79 Å². The lowest BCUT2D eigenvalue weighted by Crippen LogP contribution is -2.13. The summed E-state index contributed by atoms with van der Waals surface area (Å²) in [6.45, 7) is 1.77. The minimum Gasteiger partial charge on any atom is -0.326 e. The molecule has 0 aliphatic heterocycles. The molecule has 0 fully saturated rings. The summed E-state index contributed by atoms with van der Waals surface area (Å²) in [5, 5.41) is 3.49. The number of amides is 1. The lowest BCUT2D eigenvalue weighted by molar-refractivity contribution is -0.115. The molecular weight excluding hydrogens is 309 g/mol. The molecule has 110 valence electrons. The molecular formula is C16H15ClFNOS. The molecule has 21 heavy (non-hydrogen) atoms. The van der Waals surface area contributed by atoms with Gasteiger partial charge in [0.05, 0.1) is 0 Å². The highest BCUT2D eigenvalue weighted by Crippen LogP contribution is 2.21. The number of halogens is 2. The molecule has 1 amide bonds. The van der Waals surface area contributed by atoms with E-state index in [9.17, 15) is 9.18 Å². The summed E-state index contributed by atoms with van der Waals surface area (Å²) in [6, 6.07) is 11.8. The van der Waals surface area contributed by atoms with Gasteiger partial charge >= 0.3 is 0 Å². The van der Waals surface area contributed by atoms with Crippen LogP contribution in [0.2, 0.25) is 5.02 Å². The van der Waals surface area contributed by atoms with Crippen LogP contribution in [0, 0.1) is 12.7 Å². The van der Waals surface area contributed by atoms with Crippen LogP contribution in [0.1, 0.15) is 12.0 Å². The van der Waals surface area contributed by atoms with Crippen molar-refractivity contribution in [2.24, 2.45) is 0 Å². The van der Waals surface area contributed by atoms with Crippen molar-refractivity contribution in [3.05, 3.63) is 58.9 Å². The minimum atomic E-state index is -0.302. The van der Waals surface area contributed by atoms with Gasteiger partial charge in [-0.2, -0.15) is 0 Å². The molecule has 0 aromatic heterocycles. The molecule has 0 aliphatic carbocycles.